The molecule has 0 saturated heterocycles. The molecule has 30 heavy (non-hydrogen) atoms. The van der Waals surface area contributed by atoms with Crippen LogP contribution in [-0.4, -0.2) is 20.9 Å². The summed E-state index contributed by atoms with van der Waals surface area (Å²) in [6.45, 7) is 5.36. The molecule has 0 aliphatic rings. The predicted octanol–water partition coefficient (Wildman–Crippen LogP) is 5.20. The van der Waals surface area contributed by atoms with E-state index < -0.39 is 5.97 Å². The van der Waals surface area contributed by atoms with Gasteiger partial charge in [0, 0.05) is 17.0 Å². The second-order valence-electron chi connectivity index (χ2n) is 6.98. The van der Waals surface area contributed by atoms with E-state index in [1.54, 1.807) is 24.3 Å². The Morgan fingerprint density at radius 2 is 1.67 bits per heavy atom. The normalized spacial score (nSPS) is 10.8. The molecule has 0 amide bonds. The first-order valence-electron chi connectivity index (χ1n) is 9.46. The second-order valence-corrected chi connectivity index (χ2v) is 7.42. The number of rotatable bonds is 7. The topological polar surface area (TPSA) is 67.2 Å². The van der Waals surface area contributed by atoms with Gasteiger partial charge in [-0.2, -0.15) is 5.10 Å². The number of carboxylic acid groups (broad SMARTS) is 1. The average molecular weight is 418 g/mol. The summed E-state index contributed by atoms with van der Waals surface area (Å²) in [5.74, 6) is -0.934. The van der Waals surface area contributed by atoms with Crippen LogP contribution in [0.5, 0.6) is 0 Å². The molecule has 0 unspecified atom stereocenters. The number of hydrogen-bond donors (Lipinski definition) is 2. The number of hydrogen-bond acceptors (Lipinski definition) is 3. The smallest absolute Gasteiger partial charge is 0.335 e. The number of halogens is 1. The van der Waals surface area contributed by atoms with Gasteiger partial charge >= 0.3 is 5.97 Å². The molecule has 0 aliphatic heterocycles. The van der Waals surface area contributed by atoms with E-state index in [0.29, 0.717) is 18.1 Å². The maximum absolute atomic E-state index is 11.0. The van der Waals surface area contributed by atoms with Gasteiger partial charge in [-0.05, 0) is 41.5 Å². The van der Waals surface area contributed by atoms with Crippen LogP contribution >= 0.6 is 11.6 Å². The van der Waals surface area contributed by atoms with Crippen LogP contribution in [0.15, 0.2) is 79.4 Å². The van der Waals surface area contributed by atoms with Gasteiger partial charge in [-0.25, -0.2) is 4.79 Å². The van der Waals surface area contributed by atoms with Crippen molar-refractivity contribution in [2.45, 2.75) is 13.1 Å². The van der Waals surface area contributed by atoms with E-state index in [-0.39, 0.29) is 5.56 Å². The van der Waals surface area contributed by atoms with Crippen molar-refractivity contribution < 1.29 is 9.90 Å². The van der Waals surface area contributed by atoms with Gasteiger partial charge < -0.3 is 10.4 Å². The lowest BCUT2D eigenvalue weighted by Crippen LogP contribution is -2.15. The lowest BCUT2D eigenvalue weighted by atomic mass is 10.1. The molecule has 5 nitrogen and oxygen atoms in total. The van der Waals surface area contributed by atoms with Gasteiger partial charge in [0.2, 0.25) is 0 Å². The zero-order valence-electron chi connectivity index (χ0n) is 16.2. The first-order chi connectivity index (χ1) is 14.5. The summed E-state index contributed by atoms with van der Waals surface area (Å²) in [4.78, 5) is 11.0. The Hall–Kier alpha value is -3.57. The first-order valence-corrected chi connectivity index (χ1v) is 9.84. The fraction of sp³-hybridized carbons (Fsp3) is 0.0833. The Labute approximate surface area is 179 Å². The van der Waals surface area contributed by atoms with E-state index in [1.807, 2.05) is 53.2 Å². The predicted molar refractivity (Wildman–Crippen MR) is 120 cm³/mol. The lowest BCUT2D eigenvalue weighted by Gasteiger charge is -2.13. The summed E-state index contributed by atoms with van der Waals surface area (Å²) < 4.78 is 1.94. The van der Waals surface area contributed by atoms with Crippen LogP contribution < -0.4 is 5.32 Å². The van der Waals surface area contributed by atoms with Crippen molar-refractivity contribution in [3.8, 4) is 0 Å². The van der Waals surface area contributed by atoms with Crippen LogP contribution in [-0.2, 0) is 13.1 Å². The van der Waals surface area contributed by atoms with Gasteiger partial charge in [0.15, 0.2) is 0 Å². The highest BCUT2D eigenvalue weighted by Crippen LogP contribution is 2.24. The van der Waals surface area contributed by atoms with Crippen LogP contribution in [0.1, 0.15) is 27.2 Å². The molecule has 150 valence electrons. The van der Waals surface area contributed by atoms with Crippen LogP contribution in [0.4, 0.5) is 0 Å². The molecule has 3 aromatic carbocycles. The largest absolute Gasteiger partial charge is 0.478 e. The minimum absolute atomic E-state index is 0.268. The van der Waals surface area contributed by atoms with Gasteiger partial charge in [0.25, 0.3) is 0 Å². The molecular weight excluding hydrogens is 398 g/mol. The molecular formula is C24H20ClN3O2. The summed E-state index contributed by atoms with van der Waals surface area (Å²) in [6.07, 6.45) is 0. The van der Waals surface area contributed by atoms with Crippen molar-refractivity contribution in [1.82, 2.24) is 15.1 Å². The van der Waals surface area contributed by atoms with Gasteiger partial charge in [-0.3, -0.25) is 4.68 Å². The summed E-state index contributed by atoms with van der Waals surface area (Å²) in [5.41, 5.74) is 4.89. The molecule has 0 saturated carbocycles. The standard InChI is InChI=1S/C24H20ClN3O2/c1-16(26-14-17-6-10-19(11-7-17)24(29)30)23-21-4-2-3-5-22(21)27-28(23)15-18-8-12-20(25)13-9-18/h2-13,26H,1,14-15H2,(H,29,30). The molecule has 1 aromatic heterocycles. The van der Waals surface area contributed by atoms with E-state index in [9.17, 15) is 4.79 Å². The third-order valence-corrected chi connectivity index (χ3v) is 5.14. The zero-order valence-corrected chi connectivity index (χ0v) is 16.9. The van der Waals surface area contributed by atoms with Crippen molar-refractivity contribution >= 4 is 34.2 Å². The van der Waals surface area contributed by atoms with Crippen LogP contribution in [0.2, 0.25) is 5.02 Å². The highest BCUT2D eigenvalue weighted by atomic mass is 35.5. The summed E-state index contributed by atoms with van der Waals surface area (Å²) in [5, 5.41) is 18.9. The molecule has 0 fully saturated rings. The third-order valence-electron chi connectivity index (χ3n) is 4.88. The maximum Gasteiger partial charge on any atom is 0.335 e. The number of fused-ring (bicyclic) bond motifs is 1. The van der Waals surface area contributed by atoms with Crippen molar-refractivity contribution in [1.29, 1.82) is 0 Å². The highest BCUT2D eigenvalue weighted by molar-refractivity contribution is 6.30. The minimum atomic E-state index is -0.934. The number of aromatic nitrogens is 2. The SMILES string of the molecule is C=C(NCc1ccc(C(=O)O)cc1)c1c2ccccc2nn1Cc1ccc(Cl)cc1. The fourth-order valence-electron chi connectivity index (χ4n) is 3.33. The van der Waals surface area contributed by atoms with Gasteiger partial charge in [0.05, 0.1) is 29.0 Å². The molecule has 0 aliphatic carbocycles. The van der Waals surface area contributed by atoms with Crippen LogP contribution in [0, 0.1) is 0 Å². The molecule has 0 radical (unpaired) electrons. The number of nitrogens with one attached hydrogen (secondary N) is 1. The van der Waals surface area contributed by atoms with Gasteiger partial charge in [-0.15, -0.1) is 0 Å². The number of carbonyl (C=O) groups is 1. The van der Waals surface area contributed by atoms with Crippen LogP contribution in [0.3, 0.4) is 0 Å². The van der Waals surface area contributed by atoms with Crippen molar-refractivity contribution in [2.75, 3.05) is 0 Å². The first kappa shape index (κ1) is 19.7. The molecule has 4 rings (SSSR count). The van der Waals surface area contributed by atoms with E-state index in [1.165, 1.54) is 0 Å². The summed E-state index contributed by atoms with van der Waals surface area (Å²) >= 11 is 6.01. The van der Waals surface area contributed by atoms with E-state index >= 15 is 0 Å². The van der Waals surface area contributed by atoms with Crippen molar-refractivity contribution in [3.05, 3.63) is 107 Å². The molecule has 0 bridgehead atoms. The van der Waals surface area contributed by atoms with E-state index in [2.05, 4.69) is 11.9 Å². The van der Waals surface area contributed by atoms with Crippen molar-refractivity contribution in [2.24, 2.45) is 0 Å². The number of nitrogens with zero attached hydrogens (tertiary/aromatic N) is 2. The Bertz CT molecular complexity index is 1210. The Balaban J connectivity index is 1.59. The molecule has 0 atom stereocenters. The number of aromatic carboxylic acids is 1. The Morgan fingerprint density at radius 1 is 1.00 bits per heavy atom. The molecule has 4 aromatic rings. The molecule has 2 N–H and O–H groups in total. The Kier molecular flexibility index (Phi) is 5.55. The fourth-order valence-corrected chi connectivity index (χ4v) is 3.46. The summed E-state index contributed by atoms with van der Waals surface area (Å²) in [6, 6.07) is 22.5. The molecule has 6 heteroatoms. The highest BCUT2D eigenvalue weighted by Gasteiger charge is 2.14. The minimum Gasteiger partial charge on any atom is -0.478 e. The van der Waals surface area contributed by atoms with Gasteiger partial charge in [-0.1, -0.05) is 60.6 Å². The van der Waals surface area contributed by atoms with E-state index in [0.717, 1.165) is 33.4 Å². The van der Waals surface area contributed by atoms with Crippen LogP contribution in [0.25, 0.3) is 16.6 Å². The second kappa shape index (κ2) is 8.43. The van der Waals surface area contributed by atoms with Crippen molar-refractivity contribution in [3.63, 3.8) is 0 Å². The lowest BCUT2D eigenvalue weighted by molar-refractivity contribution is 0.0697. The summed E-state index contributed by atoms with van der Waals surface area (Å²) in [7, 11) is 0. The Morgan fingerprint density at radius 3 is 2.37 bits per heavy atom. The number of benzene rings is 3. The zero-order chi connectivity index (χ0) is 21.1. The van der Waals surface area contributed by atoms with E-state index in [4.69, 9.17) is 21.8 Å². The maximum atomic E-state index is 11.0. The third kappa shape index (κ3) is 4.21. The molecule has 0 spiro atoms. The van der Waals surface area contributed by atoms with Gasteiger partial charge in [0.1, 0.15) is 0 Å². The number of carboxylic acids is 1. The molecule has 1 heterocycles. The quantitative estimate of drug-likeness (QED) is 0.434. The average Bonchev–Trinajstić information content (AvgIpc) is 3.12. The monoisotopic (exact) mass is 417 g/mol.